The second-order valence-electron chi connectivity index (χ2n) is 4.43. The zero-order valence-electron chi connectivity index (χ0n) is 11.4. The first kappa shape index (κ1) is 18.3. The van der Waals surface area contributed by atoms with Crippen molar-refractivity contribution in [3.05, 3.63) is 32.6 Å². The summed E-state index contributed by atoms with van der Waals surface area (Å²) in [6, 6.07) is -1.13. The maximum atomic E-state index is 11.6. The van der Waals surface area contributed by atoms with Crippen molar-refractivity contribution in [1.82, 2.24) is 9.55 Å². The molecule has 0 aromatic carbocycles. The number of nitrogens with zero attached hydrogens (tertiary/aromatic N) is 1. The van der Waals surface area contributed by atoms with Crippen molar-refractivity contribution < 1.29 is 34.1 Å². The van der Waals surface area contributed by atoms with Gasteiger partial charge >= 0.3 is 19.3 Å². The summed E-state index contributed by atoms with van der Waals surface area (Å²) in [5.41, 5.74) is -1.35. The summed E-state index contributed by atoms with van der Waals surface area (Å²) in [5.74, 6) is -4.30. The molecule has 1 aromatic rings. The molecule has 0 radical (unpaired) electrons. The number of H-pyrrole nitrogens is 1. The molecule has 0 saturated carbocycles. The summed E-state index contributed by atoms with van der Waals surface area (Å²) in [6.45, 7) is 0.0582. The minimum absolute atomic E-state index is 0.155. The summed E-state index contributed by atoms with van der Waals surface area (Å²) in [4.78, 5) is 53.3. The average Bonchev–Trinajstić information content (AvgIpc) is 2.37. The number of hydrogen-bond donors (Lipinski definition) is 5. The van der Waals surface area contributed by atoms with Crippen LogP contribution in [-0.2, 0) is 14.1 Å². The topological polar surface area (TPSA) is 179 Å². The van der Waals surface area contributed by atoms with Gasteiger partial charge in [-0.2, -0.15) is 0 Å². The van der Waals surface area contributed by atoms with Crippen molar-refractivity contribution >= 4 is 13.6 Å². The number of carbonyl (C=O) groups is 1. The molecule has 0 aliphatic rings. The first-order valence-electron chi connectivity index (χ1n) is 5.90. The Hall–Kier alpha value is -1.78. The number of aryl methyl sites for hydroxylation is 1. The van der Waals surface area contributed by atoms with Gasteiger partial charge in [0.1, 0.15) is 0 Å². The van der Waals surface area contributed by atoms with Crippen molar-refractivity contribution in [3.8, 4) is 0 Å². The fourth-order valence-corrected chi connectivity index (χ4v) is 2.16. The van der Waals surface area contributed by atoms with Gasteiger partial charge in [-0.3, -0.25) is 18.9 Å². The third-order valence-electron chi connectivity index (χ3n) is 2.71. The maximum absolute atomic E-state index is 11.6. The molecule has 0 aliphatic carbocycles. The number of aromatic amines is 1. The van der Waals surface area contributed by atoms with E-state index in [1.807, 2.05) is 4.98 Å². The largest absolute Gasteiger partial charge is 0.479 e. The van der Waals surface area contributed by atoms with Gasteiger partial charge in [0, 0.05) is 11.8 Å². The molecule has 1 heterocycles. The van der Waals surface area contributed by atoms with Crippen LogP contribution in [0, 0.1) is 6.92 Å². The lowest BCUT2D eigenvalue weighted by Gasteiger charge is -2.21. The Morgan fingerprint density at radius 2 is 2.05 bits per heavy atom. The summed E-state index contributed by atoms with van der Waals surface area (Å²) in [7, 11) is -5.07. The average molecular weight is 338 g/mol. The normalized spacial score (nSPS) is 14.5. The van der Waals surface area contributed by atoms with Crippen LogP contribution in [0.2, 0.25) is 0 Å². The van der Waals surface area contributed by atoms with Crippen LogP contribution in [0.4, 0.5) is 0 Å². The van der Waals surface area contributed by atoms with Gasteiger partial charge in [0.25, 0.3) is 11.4 Å². The first-order chi connectivity index (χ1) is 10.1. The Labute approximate surface area is 123 Å². The Morgan fingerprint density at radius 3 is 2.50 bits per heavy atom. The molecule has 0 aliphatic heterocycles. The van der Waals surface area contributed by atoms with E-state index >= 15 is 0 Å². The van der Waals surface area contributed by atoms with E-state index in [-0.39, 0.29) is 5.56 Å². The van der Waals surface area contributed by atoms with Crippen LogP contribution < -0.4 is 11.2 Å². The third kappa shape index (κ3) is 4.36. The highest BCUT2D eigenvalue weighted by molar-refractivity contribution is 7.53. The number of carboxylic acid groups (broad SMARTS) is 1. The molecular weight excluding hydrogens is 323 g/mol. The molecular formula is C10H15N2O9P. The quantitative estimate of drug-likeness (QED) is 0.351. The summed E-state index contributed by atoms with van der Waals surface area (Å²) < 4.78 is 16.5. The van der Waals surface area contributed by atoms with E-state index in [0.29, 0.717) is 0 Å². The Balaban J connectivity index is 3.02. The SMILES string of the molecule is Cc1cn(C(CO)COC(C(=O)O)P(=O)(O)O)c(=O)[nH]c1=O. The fourth-order valence-electron chi connectivity index (χ4n) is 1.59. The van der Waals surface area contributed by atoms with Crippen molar-refractivity contribution in [3.63, 3.8) is 0 Å². The van der Waals surface area contributed by atoms with Crippen LogP contribution in [0.25, 0.3) is 0 Å². The van der Waals surface area contributed by atoms with Gasteiger partial charge in [0.15, 0.2) is 0 Å². The van der Waals surface area contributed by atoms with E-state index in [4.69, 9.17) is 14.9 Å². The van der Waals surface area contributed by atoms with Crippen molar-refractivity contribution in [2.75, 3.05) is 13.2 Å². The van der Waals surface area contributed by atoms with Gasteiger partial charge in [-0.15, -0.1) is 0 Å². The molecule has 0 bridgehead atoms. The minimum Gasteiger partial charge on any atom is -0.479 e. The molecule has 1 aromatic heterocycles. The zero-order chi connectivity index (χ0) is 17.1. The number of rotatable bonds is 7. The molecule has 5 N–H and O–H groups in total. The monoisotopic (exact) mass is 338 g/mol. The van der Waals surface area contributed by atoms with Crippen molar-refractivity contribution in [1.29, 1.82) is 0 Å². The molecule has 2 atom stereocenters. The number of aliphatic hydroxyl groups is 1. The Bertz CT molecular complexity index is 703. The summed E-state index contributed by atoms with van der Waals surface area (Å²) >= 11 is 0. The Morgan fingerprint density at radius 1 is 1.45 bits per heavy atom. The molecule has 22 heavy (non-hydrogen) atoms. The van der Waals surface area contributed by atoms with Crippen LogP contribution in [-0.4, -0.2) is 54.6 Å². The number of hydrogen-bond acceptors (Lipinski definition) is 6. The van der Waals surface area contributed by atoms with E-state index < -0.39 is 49.9 Å². The predicted octanol–water partition coefficient (Wildman–Crippen LogP) is -2.02. The van der Waals surface area contributed by atoms with E-state index in [1.54, 1.807) is 0 Å². The van der Waals surface area contributed by atoms with Crippen molar-refractivity contribution in [2.45, 2.75) is 18.8 Å². The van der Waals surface area contributed by atoms with Crippen LogP contribution >= 0.6 is 7.60 Å². The lowest BCUT2D eigenvalue weighted by atomic mass is 10.3. The molecule has 0 fully saturated rings. The molecule has 12 heteroatoms. The molecule has 0 saturated heterocycles. The van der Waals surface area contributed by atoms with Gasteiger partial charge in [-0.05, 0) is 6.92 Å². The van der Waals surface area contributed by atoms with Crippen LogP contribution in [0.5, 0.6) is 0 Å². The molecule has 0 spiro atoms. The highest BCUT2D eigenvalue weighted by Gasteiger charge is 2.37. The van der Waals surface area contributed by atoms with E-state index in [9.17, 15) is 24.1 Å². The number of aromatic nitrogens is 2. The molecule has 0 amide bonds. The highest BCUT2D eigenvalue weighted by Crippen LogP contribution is 2.42. The minimum atomic E-state index is -5.07. The summed E-state index contributed by atoms with van der Waals surface area (Å²) in [6.07, 6.45) is 1.12. The van der Waals surface area contributed by atoms with Crippen LogP contribution in [0.1, 0.15) is 11.6 Å². The van der Waals surface area contributed by atoms with E-state index in [2.05, 4.69) is 4.74 Å². The molecule has 11 nitrogen and oxygen atoms in total. The summed E-state index contributed by atoms with van der Waals surface area (Å²) in [5, 5.41) is 17.9. The predicted molar refractivity (Wildman–Crippen MR) is 71.6 cm³/mol. The number of nitrogens with one attached hydrogen (secondary N) is 1. The van der Waals surface area contributed by atoms with Gasteiger partial charge in [-0.25, -0.2) is 9.59 Å². The number of ether oxygens (including phenoxy) is 1. The number of aliphatic carboxylic acids is 1. The number of aliphatic hydroxyl groups excluding tert-OH is 1. The fraction of sp³-hybridized carbons (Fsp3) is 0.500. The second kappa shape index (κ2) is 6.99. The van der Waals surface area contributed by atoms with Crippen LogP contribution in [0.3, 0.4) is 0 Å². The van der Waals surface area contributed by atoms with Gasteiger partial charge in [0.2, 0.25) is 0 Å². The van der Waals surface area contributed by atoms with Gasteiger partial charge in [-0.1, -0.05) is 0 Å². The maximum Gasteiger partial charge on any atom is 0.365 e. The zero-order valence-corrected chi connectivity index (χ0v) is 12.3. The van der Waals surface area contributed by atoms with Gasteiger partial charge < -0.3 is 24.7 Å². The smallest absolute Gasteiger partial charge is 0.365 e. The molecule has 124 valence electrons. The molecule has 2 unspecified atom stereocenters. The Kier molecular flexibility index (Phi) is 5.80. The van der Waals surface area contributed by atoms with Gasteiger partial charge in [0.05, 0.1) is 19.3 Å². The first-order valence-corrected chi connectivity index (χ1v) is 7.58. The van der Waals surface area contributed by atoms with Crippen molar-refractivity contribution in [2.24, 2.45) is 0 Å². The lowest BCUT2D eigenvalue weighted by Crippen LogP contribution is -2.37. The highest BCUT2D eigenvalue weighted by atomic mass is 31.2. The standard InChI is InChI=1S/C10H15N2O9P/c1-5-2-12(10(17)11-7(5)14)6(3-13)4-21-9(8(15)16)22(18,19)20/h2,6,9,13H,3-4H2,1H3,(H,15,16)(H,11,14,17)(H2,18,19,20). The van der Waals surface area contributed by atoms with Crippen LogP contribution in [0.15, 0.2) is 15.8 Å². The lowest BCUT2D eigenvalue weighted by molar-refractivity contribution is -0.146. The molecule has 1 rings (SSSR count). The second-order valence-corrected chi connectivity index (χ2v) is 6.08. The third-order valence-corrected chi connectivity index (χ3v) is 3.69. The van der Waals surface area contributed by atoms with E-state index in [1.165, 1.54) is 6.92 Å². The van der Waals surface area contributed by atoms with E-state index in [0.717, 1.165) is 10.8 Å². The number of carboxylic acids is 1.